The molecule has 0 saturated carbocycles. The van der Waals surface area contributed by atoms with Crippen molar-refractivity contribution in [2.75, 3.05) is 38.7 Å². The van der Waals surface area contributed by atoms with Crippen LogP contribution in [0.1, 0.15) is 6.42 Å². The summed E-state index contributed by atoms with van der Waals surface area (Å²) in [6.07, 6.45) is 2.17. The van der Waals surface area contributed by atoms with Crippen molar-refractivity contribution in [3.8, 4) is 17.2 Å². The van der Waals surface area contributed by atoms with E-state index in [-0.39, 0.29) is 4.90 Å². The molecule has 0 saturated heterocycles. The van der Waals surface area contributed by atoms with E-state index in [1.54, 1.807) is 12.1 Å². The van der Waals surface area contributed by atoms with E-state index >= 15 is 0 Å². The molecule has 0 aliphatic heterocycles. The van der Waals surface area contributed by atoms with E-state index in [0.29, 0.717) is 40.1 Å². The van der Waals surface area contributed by atoms with Crippen LogP contribution in [0, 0.1) is 0 Å². The number of carbonyl (C=O) groups is 1. The summed E-state index contributed by atoms with van der Waals surface area (Å²) in [6, 6.07) is 7.86. The molecule has 1 atom stereocenters. The quantitative estimate of drug-likeness (QED) is 0.499. The second-order valence-electron chi connectivity index (χ2n) is 6.31. The van der Waals surface area contributed by atoms with Gasteiger partial charge in [-0.3, -0.25) is 4.79 Å². The smallest absolute Gasteiger partial charge is 0.242 e. The van der Waals surface area contributed by atoms with Gasteiger partial charge in [0, 0.05) is 22.8 Å². The summed E-state index contributed by atoms with van der Waals surface area (Å²) in [5.41, 5.74) is 0.374. The van der Waals surface area contributed by atoms with Crippen LogP contribution in [0.15, 0.2) is 41.3 Å². The molecule has 0 radical (unpaired) electrons. The number of hydrogen-bond acceptors (Lipinski definition) is 7. The fraction of sp³-hybridized carbons (Fsp3) is 0.350. The third kappa shape index (κ3) is 6.67. The van der Waals surface area contributed by atoms with E-state index in [1.165, 1.54) is 57.4 Å². The van der Waals surface area contributed by atoms with Crippen LogP contribution < -0.4 is 24.2 Å². The molecule has 0 fully saturated rings. The van der Waals surface area contributed by atoms with E-state index in [0.717, 1.165) is 0 Å². The van der Waals surface area contributed by atoms with Gasteiger partial charge in [-0.15, -0.1) is 0 Å². The van der Waals surface area contributed by atoms with Gasteiger partial charge in [0.15, 0.2) is 11.5 Å². The molecule has 0 aliphatic rings. The van der Waals surface area contributed by atoms with Crippen LogP contribution in [0.4, 0.5) is 5.69 Å². The summed E-state index contributed by atoms with van der Waals surface area (Å²) >= 11 is 7.34. The highest BCUT2D eigenvalue weighted by Gasteiger charge is 2.26. The maximum atomic E-state index is 13.0. The van der Waals surface area contributed by atoms with E-state index in [2.05, 4.69) is 10.0 Å². The fourth-order valence-corrected chi connectivity index (χ4v) is 4.56. The van der Waals surface area contributed by atoms with Gasteiger partial charge in [0.2, 0.25) is 21.7 Å². The van der Waals surface area contributed by atoms with Crippen LogP contribution in [0.2, 0.25) is 5.02 Å². The number of hydrogen-bond donors (Lipinski definition) is 2. The summed E-state index contributed by atoms with van der Waals surface area (Å²) in [6.45, 7) is 0. The summed E-state index contributed by atoms with van der Waals surface area (Å²) < 4.78 is 43.9. The third-order valence-corrected chi connectivity index (χ3v) is 6.66. The van der Waals surface area contributed by atoms with Crippen LogP contribution >= 0.6 is 23.4 Å². The normalized spacial score (nSPS) is 12.2. The number of anilines is 1. The van der Waals surface area contributed by atoms with E-state index in [9.17, 15) is 13.2 Å². The van der Waals surface area contributed by atoms with Gasteiger partial charge in [-0.05, 0) is 42.7 Å². The average Bonchev–Trinajstić information content (AvgIpc) is 2.75. The van der Waals surface area contributed by atoms with E-state index in [4.69, 9.17) is 25.8 Å². The Bertz CT molecular complexity index is 974. The van der Waals surface area contributed by atoms with Gasteiger partial charge in [-0.1, -0.05) is 11.6 Å². The van der Waals surface area contributed by atoms with Crippen LogP contribution in [0.5, 0.6) is 17.2 Å². The zero-order valence-corrected chi connectivity index (χ0v) is 20.0. The average molecular weight is 489 g/mol. The first kappa shape index (κ1) is 25.1. The lowest BCUT2D eigenvalue weighted by atomic mass is 10.2. The van der Waals surface area contributed by atoms with Crippen LogP contribution in [0.3, 0.4) is 0 Å². The Morgan fingerprint density at radius 1 is 1.06 bits per heavy atom. The number of amides is 1. The maximum Gasteiger partial charge on any atom is 0.242 e. The molecule has 1 unspecified atom stereocenters. The van der Waals surface area contributed by atoms with Crippen LogP contribution in [-0.4, -0.2) is 53.7 Å². The first-order valence-corrected chi connectivity index (χ1v) is 12.4. The molecule has 8 nitrogen and oxygen atoms in total. The molecule has 11 heteroatoms. The molecule has 2 aromatic carbocycles. The van der Waals surface area contributed by atoms with Crippen LogP contribution in [-0.2, 0) is 14.8 Å². The largest absolute Gasteiger partial charge is 0.493 e. The Kier molecular flexibility index (Phi) is 9.30. The minimum absolute atomic E-state index is 0.0200. The molecule has 2 aromatic rings. The van der Waals surface area contributed by atoms with E-state index < -0.39 is 22.0 Å². The fourth-order valence-electron chi connectivity index (χ4n) is 2.73. The van der Waals surface area contributed by atoms with E-state index in [1.807, 2.05) is 6.26 Å². The van der Waals surface area contributed by atoms with Crippen molar-refractivity contribution in [3.05, 3.63) is 41.4 Å². The lowest BCUT2D eigenvalue weighted by Crippen LogP contribution is -2.44. The SMILES string of the molecule is COc1cc(NC(=O)C(CCSC)NS(=O)(=O)c2ccc(Cl)cc2)cc(OC)c1OC. The molecule has 0 spiro atoms. The molecular formula is C20H25ClN2O6S2. The number of thioether (sulfide) groups is 1. The van der Waals surface area contributed by atoms with Crippen molar-refractivity contribution in [1.82, 2.24) is 4.72 Å². The summed E-state index contributed by atoms with van der Waals surface area (Å²) in [4.78, 5) is 13.0. The molecule has 2 rings (SSSR count). The predicted molar refractivity (Wildman–Crippen MR) is 123 cm³/mol. The van der Waals surface area contributed by atoms with Gasteiger partial charge < -0.3 is 19.5 Å². The second-order valence-corrected chi connectivity index (χ2v) is 9.45. The number of methoxy groups -OCH3 is 3. The van der Waals surface area contributed by atoms with Gasteiger partial charge in [0.1, 0.15) is 6.04 Å². The van der Waals surface area contributed by atoms with Crippen molar-refractivity contribution in [2.45, 2.75) is 17.4 Å². The Balaban J connectivity index is 2.28. The highest BCUT2D eigenvalue weighted by atomic mass is 35.5. The van der Waals surface area contributed by atoms with Crippen molar-refractivity contribution < 1.29 is 27.4 Å². The van der Waals surface area contributed by atoms with Crippen molar-refractivity contribution in [3.63, 3.8) is 0 Å². The molecule has 0 bridgehead atoms. The molecule has 0 aromatic heterocycles. The molecule has 1 amide bonds. The Hall–Kier alpha value is -2.14. The number of nitrogens with one attached hydrogen (secondary N) is 2. The van der Waals surface area contributed by atoms with Gasteiger partial charge in [0.25, 0.3) is 0 Å². The summed E-state index contributed by atoms with van der Waals surface area (Å²) in [7, 11) is 0.472. The first-order chi connectivity index (χ1) is 14.7. The Morgan fingerprint density at radius 2 is 1.65 bits per heavy atom. The number of benzene rings is 2. The highest BCUT2D eigenvalue weighted by molar-refractivity contribution is 7.98. The van der Waals surface area contributed by atoms with Gasteiger partial charge in [-0.2, -0.15) is 16.5 Å². The van der Waals surface area contributed by atoms with Gasteiger partial charge in [0.05, 0.1) is 26.2 Å². The van der Waals surface area contributed by atoms with Gasteiger partial charge >= 0.3 is 0 Å². The number of rotatable bonds is 11. The number of carbonyl (C=O) groups excluding carboxylic acids is 1. The third-order valence-electron chi connectivity index (χ3n) is 4.28. The second kappa shape index (κ2) is 11.5. The van der Waals surface area contributed by atoms with Crippen molar-refractivity contribution in [2.24, 2.45) is 0 Å². The molecule has 0 aliphatic carbocycles. The summed E-state index contributed by atoms with van der Waals surface area (Å²) in [5.74, 6) is 1.17. The minimum Gasteiger partial charge on any atom is -0.493 e. The number of sulfonamides is 1. The van der Waals surface area contributed by atoms with Crippen LogP contribution in [0.25, 0.3) is 0 Å². The monoisotopic (exact) mass is 488 g/mol. The number of ether oxygens (including phenoxy) is 3. The topological polar surface area (TPSA) is 103 Å². The molecule has 31 heavy (non-hydrogen) atoms. The standard InChI is InChI=1S/C20H25ClN2O6S2/c1-27-17-11-14(12-18(28-2)19(17)29-3)22-20(24)16(9-10-30-4)23-31(25,26)15-7-5-13(21)6-8-15/h5-8,11-12,16,23H,9-10H2,1-4H3,(H,22,24). The zero-order chi connectivity index (χ0) is 23.0. The molecule has 0 heterocycles. The lowest BCUT2D eigenvalue weighted by molar-refractivity contribution is -0.117. The summed E-state index contributed by atoms with van der Waals surface area (Å²) in [5, 5.41) is 3.14. The molecular weight excluding hydrogens is 464 g/mol. The maximum absolute atomic E-state index is 13.0. The lowest BCUT2D eigenvalue weighted by Gasteiger charge is -2.19. The van der Waals surface area contributed by atoms with Crippen molar-refractivity contribution >= 4 is 45.0 Å². The zero-order valence-electron chi connectivity index (χ0n) is 17.6. The minimum atomic E-state index is -3.93. The van der Waals surface area contributed by atoms with Crippen molar-refractivity contribution in [1.29, 1.82) is 0 Å². The Morgan fingerprint density at radius 3 is 2.13 bits per heavy atom. The number of halogens is 1. The first-order valence-electron chi connectivity index (χ1n) is 9.13. The van der Waals surface area contributed by atoms with Gasteiger partial charge in [-0.25, -0.2) is 8.42 Å². The predicted octanol–water partition coefficient (Wildman–Crippen LogP) is 3.40. The Labute approximate surface area is 191 Å². The molecule has 170 valence electrons. The molecule has 2 N–H and O–H groups in total. The highest BCUT2D eigenvalue weighted by Crippen LogP contribution is 2.40.